The third kappa shape index (κ3) is 9.98. The van der Waals surface area contributed by atoms with Crippen LogP contribution in [0.15, 0.2) is 216 Å². The van der Waals surface area contributed by atoms with Crippen LogP contribution < -0.4 is 0 Å². The summed E-state index contributed by atoms with van der Waals surface area (Å²) in [7, 11) is 0. The quantitative estimate of drug-likeness (QED) is 0.0324. The zero-order valence-corrected chi connectivity index (χ0v) is 71.6. The molecule has 0 N–H and O–H groups in total. The topological polar surface area (TPSA) is 0 Å². The molecule has 0 bridgehead atoms. The van der Waals surface area contributed by atoms with E-state index in [2.05, 4.69) is 313 Å². The molecular weight excluding hydrogens is 1380 g/mol. The van der Waals surface area contributed by atoms with Crippen molar-refractivity contribution in [2.45, 2.75) is 202 Å². The van der Waals surface area contributed by atoms with E-state index in [0.29, 0.717) is 14.5 Å². The van der Waals surface area contributed by atoms with E-state index in [1.165, 1.54) is 137 Å². The standard InChI is InChI=1S/4C16H13.C8H20Si2.4C4H9.2CH5Si.2Zr/c4*1-12-10-14-8-5-9-15(16(14)11-12)13-6-3-2-4-7-13;1-9(2)7-5-6-8-10(3)4;4*1-3-4-2;2*1-2;;/h4*2-11H,1H3;5-8H2,1-4H3;4*1,3-4H2,2H3;2*2H2,1H3;;. The summed E-state index contributed by atoms with van der Waals surface area (Å²) < 4.78 is 8.09. The molecule has 0 spiro atoms. The molecule has 8 aromatic rings. The normalized spacial score (nSPS) is 19.3. The van der Waals surface area contributed by atoms with E-state index in [1.54, 1.807) is 66.8 Å². The van der Waals surface area contributed by atoms with Gasteiger partial charge in [0.05, 0.1) is 0 Å². The van der Waals surface area contributed by atoms with Crippen LogP contribution in [0.5, 0.6) is 0 Å². The molecule has 0 heterocycles. The first-order chi connectivity index (χ1) is 46.3. The van der Waals surface area contributed by atoms with Crippen molar-refractivity contribution in [1.29, 1.82) is 0 Å². The van der Waals surface area contributed by atoms with Gasteiger partial charge in [-0.2, -0.15) is 0 Å². The molecule has 0 aromatic heterocycles. The summed E-state index contributed by atoms with van der Waals surface area (Å²) >= 11 is -10.5. The van der Waals surface area contributed by atoms with E-state index in [-0.39, 0.29) is 0 Å². The number of fused-ring (bicyclic) bond motifs is 4. The second-order valence-electron chi connectivity index (χ2n) is 34.0. The third-order valence-corrected chi connectivity index (χ3v) is 270. The minimum atomic E-state index is -5.27. The Hall–Kier alpha value is -4.65. The molecule has 12 rings (SSSR count). The Kier molecular flexibility index (Phi) is 20.0. The number of hydrogen-bond acceptors (Lipinski definition) is 0. The first kappa shape index (κ1) is 71.2. The van der Waals surface area contributed by atoms with Crippen molar-refractivity contribution in [2.24, 2.45) is 0 Å². The molecule has 4 aliphatic carbocycles. The molecule has 0 saturated heterocycles. The predicted octanol–water partition coefficient (Wildman–Crippen LogP) is 27.1. The monoisotopic (exact) mass is 1490 g/mol. The van der Waals surface area contributed by atoms with Crippen LogP contribution in [0.3, 0.4) is 0 Å². The molecular formula is C90H118Si4Zr2. The molecule has 0 radical (unpaired) electrons. The molecule has 6 heteroatoms. The summed E-state index contributed by atoms with van der Waals surface area (Å²) in [4.78, 5) is 0. The Morgan fingerprint density at radius 2 is 0.510 bits per heavy atom. The molecule has 4 atom stereocenters. The zero-order chi connectivity index (χ0) is 67.9. The average molecular weight is 1490 g/mol. The van der Waals surface area contributed by atoms with Crippen molar-refractivity contribution in [2.75, 3.05) is 0 Å². The number of allylic oxidation sites excluding steroid dienone is 4. The van der Waals surface area contributed by atoms with Gasteiger partial charge in [0, 0.05) is 0 Å². The molecule has 0 aliphatic heterocycles. The van der Waals surface area contributed by atoms with Gasteiger partial charge in [0.2, 0.25) is 0 Å². The van der Waals surface area contributed by atoms with Gasteiger partial charge in [-0.25, -0.2) is 0 Å². The maximum absolute atomic E-state index is 5.27. The van der Waals surface area contributed by atoms with Crippen LogP contribution in [0.4, 0.5) is 0 Å². The second-order valence-corrected chi connectivity index (χ2v) is 167. The third-order valence-electron chi connectivity index (χ3n) is 30.8. The van der Waals surface area contributed by atoms with Gasteiger partial charge in [-0.05, 0) is 0 Å². The van der Waals surface area contributed by atoms with Gasteiger partial charge in [0.1, 0.15) is 0 Å². The van der Waals surface area contributed by atoms with E-state index in [1.807, 2.05) is 0 Å². The summed E-state index contributed by atoms with van der Waals surface area (Å²) in [6.07, 6.45) is 24.4. The summed E-state index contributed by atoms with van der Waals surface area (Å²) in [5.41, 5.74) is 31.3. The van der Waals surface area contributed by atoms with Crippen LogP contribution in [0.2, 0.25) is 67.9 Å². The van der Waals surface area contributed by atoms with Crippen LogP contribution in [0.1, 0.15) is 179 Å². The van der Waals surface area contributed by atoms with Gasteiger partial charge in [-0.15, -0.1) is 0 Å². The van der Waals surface area contributed by atoms with Gasteiger partial charge >= 0.3 is 587 Å². The van der Waals surface area contributed by atoms with Crippen LogP contribution >= 0.6 is 0 Å². The maximum atomic E-state index is 3.16. The van der Waals surface area contributed by atoms with Crippen molar-refractivity contribution in [3.05, 3.63) is 261 Å². The Labute approximate surface area is 580 Å². The zero-order valence-electron chi connectivity index (χ0n) is 61.8. The summed E-state index contributed by atoms with van der Waals surface area (Å²) in [5.74, 6) is 0. The minimum absolute atomic E-state index is 0.520. The van der Waals surface area contributed by atoms with Gasteiger partial charge in [0.25, 0.3) is 0 Å². The van der Waals surface area contributed by atoms with Gasteiger partial charge in [-0.1, -0.05) is 0 Å². The molecule has 0 saturated carbocycles. The van der Waals surface area contributed by atoms with Crippen LogP contribution in [-0.4, -0.2) is 23.7 Å². The van der Waals surface area contributed by atoms with Gasteiger partial charge < -0.3 is 0 Å². The van der Waals surface area contributed by atoms with Gasteiger partial charge in [-0.3, -0.25) is 0 Å². The SMILES string of the molecule is CCC[CH2][Zr]([CH2]CCC)([SiH2]C)([CH]1C(C)=Cc2c(-c3ccccc3)cccc21)([CH]1C(C)=Cc2c(-c3ccccc3)cccc21)[Si](C)(C)CCCC[Si](C)(C)[Zr]([CH2]CCC)([CH2]CCC)([SiH2]C)([CH]1C(C)=Cc2c(-c3ccccc3)cccc21)[CH]1C(C)=Cc2c(-c3ccccc3)cccc21. The fraction of sp³-hybridized carbons (Fsp3) is 0.378. The first-order valence-corrected chi connectivity index (χ1v) is 79.6. The molecule has 4 aliphatic rings. The van der Waals surface area contributed by atoms with Gasteiger partial charge in [0.15, 0.2) is 0 Å². The van der Waals surface area contributed by atoms with Crippen molar-refractivity contribution in [3.8, 4) is 44.5 Å². The summed E-state index contributed by atoms with van der Waals surface area (Å²) in [6.45, 7) is 38.1. The summed E-state index contributed by atoms with van der Waals surface area (Å²) in [6, 6.07) is 79.8. The second kappa shape index (κ2) is 27.0. The molecule has 502 valence electrons. The molecule has 0 nitrogen and oxygen atoms in total. The molecule has 8 aromatic carbocycles. The Bertz CT molecular complexity index is 3790. The average Bonchev–Trinajstić information content (AvgIpc) is 1.19. The molecule has 0 fully saturated rings. The van der Waals surface area contributed by atoms with E-state index < -0.39 is 54.9 Å². The van der Waals surface area contributed by atoms with Crippen LogP contribution in [0.25, 0.3) is 68.8 Å². The van der Waals surface area contributed by atoms with Crippen molar-refractivity contribution < 1.29 is 31.2 Å². The predicted molar refractivity (Wildman–Crippen MR) is 435 cm³/mol. The van der Waals surface area contributed by atoms with E-state index in [9.17, 15) is 0 Å². The van der Waals surface area contributed by atoms with Crippen molar-refractivity contribution >= 4 is 48.0 Å². The van der Waals surface area contributed by atoms with Crippen LogP contribution in [-0.2, 0) is 31.2 Å². The summed E-state index contributed by atoms with van der Waals surface area (Å²) in [5, 5.41) is -4.74. The molecule has 0 amide bonds. The Morgan fingerprint density at radius 1 is 0.292 bits per heavy atom. The fourth-order valence-electron chi connectivity index (χ4n) is 26.6. The Balaban J connectivity index is 1.09. The number of benzene rings is 8. The van der Waals surface area contributed by atoms with Crippen LogP contribution in [0, 0.1) is 0 Å². The Morgan fingerprint density at radius 3 is 0.708 bits per heavy atom. The van der Waals surface area contributed by atoms with E-state index in [4.69, 9.17) is 0 Å². The van der Waals surface area contributed by atoms with E-state index >= 15 is 0 Å². The number of unbranched alkanes of at least 4 members (excludes halogenated alkanes) is 5. The number of hydrogen-bond donors (Lipinski definition) is 0. The molecule has 96 heavy (non-hydrogen) atoms. The van der Waals surface area contributed by atoms with E-state index in [0.717, 1.165) is 0 Å². The fourth-order valence-corrected chi connectivity index (χ4v) is 258. The first-order valence-electron chi connectivity index (χ1n) is 38.5. The van der Waals surface area contributed by atoms with Crippen molar-refractivity contribution in [1.82, 2.24) is 0 Å². The van der Waals surface area contributed by atoms with Crippen molar-refractivity contribution in [3.63, 3.8) is 0 Å². The number of rotatable bonds is 29. The molecule has 4 unspecified atom stereocenters.